The smallest absolute Gasteiger partial charge is 0.227 e. The third-order valence-electron chi connectivity index (χ3n) is 3.56. The molecule has 0 spiro atoms. The average Bonchev–Trinajstić information content (AvgIpc) is 2.87. The monoisotopic (exact) mass is 319 g/mol. The quantitative estimate of drug-likeness (QED) is 0.803. The van der Waals surface area contributed by atoms with Crippen molar-refractivity contribution in [3.05, 3.63) is 51.2 Å². The lowest BCUT2D eigenvalue weighted by Crippen LogP contribution is -2.35. The lowest BCUT2D eigenvalue weighted by atomic mass is 10.1. The van der Waals surface area contributed by atoms with Crippen LogP contribution in [0.1, 0.15) is 28.1 Å². The first kappa shape index (κ1) is 14.3. The third-order valence-corrected chi connectivity index (χ3v) is 4.76. The van der Waals surface area contributed by atoms with Crippen molar-refractivity contribution >= 4 is 40.3 Å². The molecule has 1 aliphatic rings. The molecule has 1 amide bonds. The number of amides is 1. The summed E-state index contributed by atoms with van der Waals surface area (Å²) in [5, 5.41) is 2.50. The molecule has 0 unspecified atom stereocenters. The number of hydrogen-bond acceptors (Lipinski definition) is 3. The minimum Gasteiger partial charge on any atom is -0.303 e. The molecule has 108 valence electrons. The van der Waals surface area contributed by atoms with E-state index < -0.39 is 0 Å². The predicted octanol–water partition coefficient (Wildman–Crippen LogP) is 3.95. The van der Waals surface area contributed by atoms with Crippen LogP contribution in [0, 0.1) is 0 Å². The maximum absolute atomic E-state index is 12.4. The Morgan fingerprint density at radius 3 is 2.95 bits per heavy atom. The van der Waals surface area contributed by atoms with E-state index in [2.05, 4.69) is 0 Å². The number of halogens is 1. The maximum atomic E-state index is 12.4. The van der Waals surface area contributed by atoms with Crippen LogP contribution >= 0.6 is 22.9 Å². The molecule has 0 saturated heterocycles. The van der Waals surface area contributed by atoms with E-state index in [1.165, 1.54) is 4.88 Å². The molecule has 1 aliphatic heterocycles. The summed E-state index contributed by atoms with van der Waals surface area (Å²) in [6.07, 6.45) is 2.24. The number of benzene rings is 1. The summed E-state index contributed by atoms with van der Waals surface area (Å²) in [4.78, 5) is 27.5. The van der Waals surface area contributed by atoms with Gasteiger partial charge in [0.25, 0.3) is 0 Å². The predicted molar refractivity (Wildman–Crippen MR) is 85.4 cm³/mol. The van der Waals surface area contributed by atoms with Gasteiger partial charge in [0.2, 0.25) is 5.91 Å². The zero-order chi connectivity index (χ0) is 14.8. The first-order chi connectivity index (χ1) is 10.1. The van der Waals surface area contributed by atoms with Crippen molar-refractivity contribution in [3.8, 4) is 0 Å². The summed E-state index contributed by atoms with van der Waals surface area (Å²) < 4.78 is 0. The molecule has 1 aromatic heterocycles. The Balaban J connectivity index is 1.86. The molecule has 0 radical (unpaired) electrons. The van der Waals surface area contributed by atoms with Gasteiger partial charge in [-0.1, -0.05) is 23.7 Å². The van der Waals surface area contributed by atoms with Gasteiger partial charge in [-0.25, -0.2) is 0 Å². The first-order valence-corrected chi connectivity index (χ1v) is 8.06. The molecule has 0 atom stereocenters. The van der Waals surface area contributed by atoms with Crippen molar-refractivity contribution in [2.45, 2.75) is 19.3 Å². The van der Waals surface area contributed by atoms with Gasteiger partial charge >= 0.3 is 0 Å². The molecule has 3 rings (SSSR count). The van der Waals surface area contributed by atoms with Gasteiger partial charge in [-0.2, -0.15) is 0 Å². The fraction of sp³-hybridized carbons (Fsp3) is 0.250. The minimum atomic E-state index is -0.0927. The van der Waals surface area contributed by atoms with E-state index >= 15 is 0 Å². The van der Waals surface area contributed by atoms with Crippen LogP contribution in [0.15, 0.2) is 35.7 Å². The molecule has 1 aromatic carbocycles. The number of Topliss-reactive ketones (excluding diaryl/α,β-unsaturated/α-hetero) is 1. The van der Waals surface area contributed by atoms with Gasteiger partial charge < -0.3 is 4.90 Å². The molecule has 0 bridgehead atoms. The summed E-state index contributed by atoms with van der Waals surface area (Å²) in [7, 11) is 0. The Hall–Kier alpha value is -1.65. The van der Waals surface area contributed by atoms with Gasteiger partial charge in [-0.05, 0) is 36.4 Å². The molecule has 21 heavy (non-hydrogen) atoms. The Morgan fingerprint density at radius 1 is 1.29 bits per heavy atom. The molecular weight excluding hydrogens is 306 g/mol. The van der Waals surface area contributed by atoms with Crippen molar-refractivity contribution in [2.75, 3.05) is 11.4 Å². The van der Waals surface area contributed by atoms with E-state index in [1.807, 2.05) is 11.4 Å². The van der Waals surface area contributed by atoms with Crippen molar-refractivity contribution in [3.63, 3.8) is 0 Å². The third kappa shape index (κ3) is 3.01. The number of ketones is 1. The summed E-state index contributed by atoms with van der Waals surface area (Å²) in [6.45, 7) is 0.0723. The van der Waals surface area contributed by atoms with Crippen molar-refractivity contribution in [1.29, 1.82) is 0 Å². The zero-order valence-electron chi connectivity index (χ0n) is 11.3. The second kappa shape index (κ2) is 6.00. The number of aryl methyl sites for hydroxylation is 1. The van der Waals surface area contributed by atoms with Crippen LogP contribution in [-0.2, 0) is 11.2 Å². The average molecular weight is 320 g/mol. The Bertz CT molecular complexity index is 695. The highest BCUT2D eigenvalue weighted by Crippen LogP contribution is 2.31. The summed E-state index contributed by atoms with van der Waals surface area (Å²) in [5.41, 5.74) is 1.43. The lowest BCUT2D eigenvalue weighted by Gasteiger charge is -2.20. The van der Waals surface area contributed by atoms with Crippen LogP contribution in [0.2, 0.25) is 5.02 Å². The number of hydrogen-bond donors (Lipinski definition) is 0. The van der Waals surface area contributed by atoms with E-state index in [4.69, 9.17) is 11.6 Å². The highest BCUT2D eigenvalue weighted by molar-refractivity contribution is 7.10. The minimum absolute atomic E-state index is 0.0162. The fourth-order valence-electron chi connectivity index (χ4n) is 2.50. The first-order valence-electron chi connectivity index (χ1n) is 6.80. The van der Waals surface area contributed by atoms with Crippen molar-refractivity contribution in [2.24, 2.45) is 0 Å². The summed E-state index contributed by atoms with van der Waals surface area (Å²) in [6, 6.07) is 8.77. The van der Waals surface area contributed by atoms with Crippen LogP contribution in [0.3, 0.4) is 0 Å². The molecule has 2 aromatic rings. The van der Waals surface area contributed by atoms with Gasteiger partial charge in [0, 0.05) is 21.9 Å². The summed E-state index contributed by atoms with van der Waals surface area (Å²) >= 11 is 7.56. The van der Waals surface area contributed by atoms with Gasteiger partial charge in [0.05, 0.1) is 12.2 Å². The van der Waals surface area contributed by atoms with Crippen LogP contribution in [0.25, 0.3) is 0 Å². The number of anilines is 1. The molecule has 0 fully saturated rings. The Labute approximate surface area is 132 Å². The zero-order valence-corrected chi connectivity index (χ0v) is 12.9. The largest absolute Gasteiger partial charge is 0.303 e. The van der Waals surface area contributed by atoms with Crippen LogP contribution in [0.5, 0.6) is 0 Å². The van der Waals surface area contributed by atoms with Crippen molar-refractivity contribution in [1.82, 2.24) is 0 Å². The number of nitrogens with zero attached hydrogens (tertiary/aromatic N) is 1. The van der Waals surface area contributed by atoms with Gasteiger partial charge in [-0.3, -0.25) is 9.59 Å². The molecule has 3 nitrogen and oxygen atoms in total. The Morgan fingerprint density at radius 2 is 2.14 bits per heavy atom. The highest BCUT2D eigenvalue weighted by atomic mass is 35.5. The molecule has 2 heterocycles. The van der Waals surface area contributed by atoms with E-state index in [0.29, 0.717) is 17.0 Å². The van der Waals surface area contributed by atoms with Gasteiger partial charge in [0.15, 0.2) is 5.78 Å². The molecular formula is C16H14ClNO2S. The van der Waals surface area contributed by atoms with Crippen LogP contribution < -0.4 is 4.90 Å². The standard InChI is InChI=1S/C16H14ClNO2S/c17-12-4-1-3-11(9-12)14(19)10-18-13-7-8-21-15(13)5-2-6-16(18)20/h1,3-4,7-9H,2,5-6,10H2. The van der Waals surface area contributed by atoms with E-state index in [1.54, 1.807) is 40.5 Å². The molecule has 0 aliphatic carbocycles. The van der Waals surface area contributed by atoms with Gasteiger partial charge in [-0.15, -0.1) is 11.3 Å². The normalized spacial score (nSPS) is 14.7. The number of carbonyl (C=O) groups excluding carboxylic acids is 2. The molecule has 0 saturated carbocycles. The maximum Gasteiger partial charge on any atom is 0.227 e. The van der Waals surface area contributed by atoms with Crippen molar-refractivity contribution < 1.29 is 9.59 Å². The summed E-state index contributed by atoms with van der Waals surface area (Å²) in [5.74, 6) is -0.0765. The fourth-order valence-corrected chi connectivity index (χ4v) is 3.61. The molecule has 0 N–H and O–H groups in total. The number of rotatable bonds is 3. The second-order valence-electron chi connectivity index (χ2n) is 5.00. The number of thiophene rings is 1. The second-order valence-corrected chi connectivity index (χ2v) is 6.43. The van der Waals surface area contributed by atoms with E-state index in [9.17, 15) is 9.59 Å². The lowest BCUT2D eigenvalue weighted by molar-refractivity contribution is -0.118. The molecule has 5 heteroatoms. The van der Waals surface area contributed by atoms with Crippen LogP contribution in [0.4, 0.5) is 5.69 Å². The number of fused-ring (bicyclic) bond motifs is 1. The SMILES string of the molecule is O=C(CN1C(=O)CCCc2sccc21)c1cccc(Cl)c1. The van der Waals surface area contributed by atoms with E-state index in [0.717, 1.165) is 18.5 Å². The Kier molecular flexibility index (Phi) is 4.08. The topological polar surface area (TPSA) is 37.4 Å². The highest BCUT2D eigenvalue weighted by Gasteiger charge is 2.25. The van der Waals surface area contributed by atoms with Gasteiger partial charge in [0.1, 0.15) is 0 Å². The number of carbonyl (C=O) groups is 2. The van der Waals surface area contributed by atoms with E-state index in [-0.39, 0.29) is 18.2 Å². The van der Waals surface area contributed by atoms with Crippen LogP contribution in [-0.4, -0.2) is 18.2 Å².